The van der Waals surface area contributed by atoms with Crippen LogP contribution in [0.1, 0.15) is 11.1 Å². The molecule has 0 radical (unpaired) electrons. The predicted octanol–water partition coefficient (Wildman–Crippen LogP) is 4.61. The number of hydrogen-bond acceptors (Lipinski definition) is 2. The lowest BCUT2D eigenvalue weighted by Gasteiger charge is -2.04. The molecule has 0 aromatic heterocycles. The molecule has 0 bridgehead atoms. The van der Waals surface area contributed by atoms with E-state index in [0.29, 0.717) is 5.56 Å². The molecule has 0 saturated heterocycles. The molecule has 0 fully saturated rings. The minimum Gasteiger partial charge on any atom is -0.192 e. The standard InChI is InChI=1S/C14H10BrNS/c15-13-3-1-2-4-14(13)17-10-12-7-5-11(9-16)6-8-12/h1-8H,10H2. The summed E-state index contributed by atoms with van der Waals surface area (Å²) in [6, 6.07) is 18.0. The summed E-state index contributed by atoms with van der Waals surface area (Å²) in [6.45, 7) is 0. The average molecular weight is 304 g/mol. The van der Waals surface area contributed by atoms with Gasteiger partial charge in [0, 0.05) is 15.1 Å². The normalized spacial score (nSPS) is 9.88. The summed E-state index contributed by atoms with van der Waals surface area (Å²) in [5, 5.41) is 8.71. The average Bonchev–Trinajstić information content (AvgIpc) is 2.38. The molecule has 0 aliphatic carbocycles. The maximum Gasteiger partial charge on any atom is 0.0991 e. The minimum absolute atomic E-state index is 0.708. The molecule has 17 heavy (non-hydrogen) atoms. The Hall–Kier alpha value is -1.24. The van der Waals surface area contributed by atoms with Gasteiger partial charge in [0.05, 0.1) is 11.6 Å². The number of hydrogen-bond donors (Lipinski definition) is 0. The van der Waals surface area contributed by atoms with Crippen molar-refractivity contribution in [1.82, 2.24) is 0 Å². The lowest BCUT2D eigenvalue weighted by molar-refractivity contribution is 1.35. The number of thioether (sulfide) groups is 1. The van der Waals surface area contributed by atoms with Crippen molar-refractivity contribution in [3.05, 3.63) is 64.1 Å². The summed E-state index contributed by atoms with van der Waals surface area (Å²) in [7, 11) is 0. The maximum absolute atomic E-state index is 8.71. The molecule has 0 amide bonds. The lowest BCUT2D eigenvalue weighted by Crippen LogP contribution is -1.82. The van der Waals surface area contributed by atoms with Crippen LogP contribution in [-0.4, -0.2) is 0 Å². The van der Waals surface area contributed by atoms with E-state index >= 15 is 0 Å². The van der Waals surface area contributed by atoms with E-state index in [1.165, 1.54) is 10.5 Å². The second-order valence-corrected chi connectivity index (χ2v) is 5.40. The highest BCUT2D eigenvalue weighted by atomic mass is 79.9. The summed E-state index contributed by atoms with van der Waals surface area (Å²) in [5.41, 5.74) is 1.93. The quantitative estimate of drug-likeness (QED) is 0.773. The summed E-state index contributed by atoms with van der Waals surface area (Å²) >= 11 is 5.31. The molecule has 0 saturated carbocycles. The molecule has 0 aliphatic heterocycles. The van der Waals surface area contributed by atoms with Gasteiger partial charge in [-0.2, -0.15) is 5.26 Å². The molecule has 0 atom stereocenters. The number of halogens is 1. The Labute approximate surface area is 114 Å². The van der Waals surface area contributed by atoms with Crippen LogP contribution in [0.2, 0.25) is 0 Å². The Morgan fingerprint density at radius 2 is 1.76 bits per heavy atom. The van der Waals surface area contributed by atoms with Gasteiger partial charge in [-0.25, -0.2) is 0 Å². The minimum atomic E-state index is 0.708. The van der Waals surface area contributed by atoms with Crippen molar-refractivity contribution < 1.29 is 0 Å². The first-order valence-corrected chi connectivity index (χ1v) is 6.94. The van der Waals surface area contributed by atoms with Crippen molar-refractivity contribution in [3.63, 3.8) is 0 Å². The SMILES string of the molecule is N#Cc1ccc(CSc2ccccc2Br)cc1. The zero-order valence-corrected chi connectivity index (χ0v) is 11.5. The summed E-state index contributed by atoms with van der Waals surface area (Å²) < 4.78 is 1.12. The molecule has 0 unspecified atom stereocenters. The lowest BCUT2D eigenvalue weighted by atomic mass is 10.2. The van der Waals surface area contributed by atoms with Crippen molar-refractivity contribution >= 4 is 27.7 Å². The smallest absolute Gasteiger partial charge is 0.0991 e. The second kappa shape index (κ2) is 5.90. The Morgan fingerprint density at radius 1 is 1.06 bits per heavy atom. The highest BCUT2D eigenvalue weighted by molar-refractivity contribution is 9.10. The van der Waals surface area contributed by atoms with Crippen molar-refractivity contribution in [2.24, 2.45) is 0 Å². The van der Waals surface area contributed by atoms with Gasteiger partial charge >= 0.3 is 0 Å². The van der Waals surface area contributed by atoms with Crippen LogP contribution in [0, 0.1) is 11.3 Å². The molecule has 3 heteroatoms. The molecule has 2 aromatic rings. The molecule has 0 heterocycles. The van der Waals surface area contributed by atoms with Crippen LogP contribution < -0.4 is 0 Å². The Bertz CT molecular complexity index is 543. The summed E-state index contributed by atoms with van der Waals surface area (Å²) in [4.78, 5) is 1.23. The second-order valence-electron chi connectivity index (χ2n) is 3.53. The van der Waals surface area contributed by atoms with Gasteiger partial charge in [0.2, 0.25) is 0 Å². The van der Waals surface area contributed by atoms with E-state index in [1.54, 1.807) is 11.8 Å². The first-order valence-electron chi connectivity index (χ1n) is 5.16. The zero-order valence-electron chi connectivity index (χ0n) is 9.06. The van der Waals surface area contributed by atoms with Gasteiger partial charge in [0.25, 0.3) is 0 Å². The van der Waals surface area contributed by atoms with Crippen molar-refractivity contribution in [2.75, 3.05) is 0 Å². The van der Waals surface area contributed by atoms with Gasteiger partial charge in [0.15, 0.2) is 0 Å². The monoisotopic (exact) mass is 303 g/mol. The highest BCUT2D eigenvalue weighted by Gasteiger charge is 2.00. The fourth-order valence-corrected chi connectivity index (χ4v) is 2.92. The number of rotatable bonds is 3. The molecule has 0 N–H and O–H groups in total. The maximum atomic E-state index is 8.71. The molecule has 1 nitrogen and oxygen atoms in total. The van der Waals surface area contributed by atoms with E-state index in [-0.39, 0.29) is 0 Å². The van der Waals surface area contributed by atoms with Gasteiger partial charge in [-0.3, -0.25) is 0 Å². The molecular formula is C14H10BrNS. The van der Waals surface area contributed by atoms with Crippen LogP contribution in [0.5, 0.6) is 0 Å². The molecule has 0 spiro atoms. The fraction of sp³-hybridized carbons (Fsp3) is 0.0714. The van der Waals surface area contributed by atoms with Crippen molar-refractivity contribution in [2.45, 2.75) is 10.6 Å². The van der Waals surface area contributed by atoms with E-state index in [4.69, 9.17) is 5.26 Å². The van der Waals surface area contributed by atoms with Crippen LogP contribution >= 0.6 is 27.7 Å². The summed E-state index contributed by atoms with van der Waals surface area (Å²) in [5.74, 6) is 0.911. The van der Waals surface area contributed by atoms with Gasteiger partial charge in [-0.1, -0.05) is 24.3 Å². The largest absolute Gasteiger partial charge is 0.192 e. The first-order chi connectivity index (χ1) is 8.29. The van der Waals surface area contributed by atoms with Gasteiger partial charge in [-0.05, 0) is 45.8 Å². The molecule has 2 rings (SSSR count). The molecular weight excluding hydrogens is 294 g/mol. The number of benzene rings is 2. The highest BCUT2D eigenvalue weighted by Crippen LogP contribution is 2.29. The van der Waals surface area contributed by atoms with Crippen LogP contribution in [-0.2, 0) is 5.75 Å². The number of nitriles is 1. The van der Waals surface area contributed by atoms with Crippen LogP contribution in [0.15, 0.2) is 57.9 Å². The van der Waals surface area contributed by atoms with Crippen LogP contribution in [0.3, 0.4) is 0 Å². The molecule has 2 aromatic carbocycles. The van der Waals surface area contributed by atoms with E-state index in [9.17, 15) is 0 Å². The molecule has 0 aliphatic rings. The van der Waals surface area contributed by atoms with E-state index < -0.39 is 0 Å². The van der Waals surface area contributed by atoms with Crippen LogP contribution in [0.4, 0.5) is 0 Å². The van der Waals surface area contributed by atoms with Gasteiger partial charge < -0.3 is 0 Å². The van der Waals surface area contributed by atoms with E-state index in [2.05, 4.69) is 28.1 Å². The Balaban J connectivity index is 2.03. The fourth-order valence-electron chi connectivity index (χ4n) is 1.40. The third-order valence-electron chi connectivity index (χ3n) is 2.31. The van der Waals surface area contributed by atoms with E-state index in [0.717, 1.165) is 10.2 Å². The summed E-state index contributed by atoms with van der Waals surface area (Å²) in [6.07, 6.45) is 0. The Kier molecular flexibility index (Phi) is 4.24. The van der Waals surface area contributed by atoms with Gasteiger partial charge in [0.1, 0.15) is 0 Å². The third-order valence-corrected chi connectivity index (χ3v) is 4.41. The van der Waals surface area contributed by atoms with E-state index in [1.807, 2.05) is 42.5 Å². The van der Waals surface area contributed by atoms with Crippen LogP contribution in [0.25, 0.3) is 0 Å². The van der Waals surface area contributed by atoms with Gasteiger partial charge in [-0.15, -0.1) is 11.8 Å². The predicted molar refractivity (Wildman–Crippen MR) is 74.9 cm³/mol. The Morgan fingerprint density at radius 3 is 2.41 bits per heavy atom. The van der Waals surface area contributed by atoms with Crippen molar-refractivity contribution in [3.8, 4) is 6.07 Å². The van der Waals surface area contributed by atoms with Crippen molar-refractivity contribution in [1.29, 1.82) is 5.26 Å². The third kappa shape index (κ3) is 3.36. The molecule has 84 valence electrons. The topological polar surface area (TPSA) is 23.8 Å². The zero-order chi connectivity index (χ0) is 12.1. The number of nitrogens with zero attached hydrogens (tertiary/aromatic N) is 1. The first kappa shape index (κ1) is 12.2.